The van der Waals surface area contributed by atoms with Gasteiger partial charge in [-0.15, -0.1) is 0 Å². The van der Waals surface area contributed by atoms with Crippen molar-refractivity contribution in [3.8, 4) is 6.07 Å². The van der Waals surface area contributed by atoms with Crippen molar-refractivity contribution in [2.75, 3.05) is 17.2 Å². The molecule has 0 saturated heterocycles. The number of carbonyl (C=O) groups excluding carboxylic acids is 1. The van der Waals surface area contributed by atoms with Gasteiger partial charge in [0.25, 0.3) is 6.01 Å². The van der Waals surface area contributed by atoms with Crippen LogP contribution in [0.5, 0.6) is 0 Å². The molecule has 9 heteroatoms. The molecule has 9 nitrogen and oxygen atoms in total. The molecule has 0 bridgehead atoms. The van der Waals surface area contributed by atoms with Gasteiger partial charge in [0.1, 0.15) is 11.6 Å². The number of fused-ring (bicyclic) bond motifs is 1. The van der Waals surface area contributed by atoms with Crippen LogP contribution < -0.4 is 10.6 Å². The summed E-state index contributed by atoms with van der Waals surface area (Å²) in [6.07, 6.45) is 1.82. The highest BCUT2D eigenvalue weighted by atomic mass is 16.4. The van der Waals surface area contributed by atoms with Gasteiger partial charge in [-0.3, -0.25) is 14.6 Å². The second-order valence-corrected chi connectivity index (χ2v) is 8.14. The SMILES string of the molecule is CC(CC(=O)O)c1ccc(NCC(=O)Cc2ccc3nc(Nc4ccccc4C#N)oc3c2)cn1. The first kappa shape index (κ1) is 23.4. The molecule has 2 aromatic carbocycles. The van der Waals surface area contributed by atoms with Crippen LogP contribution in [0.1, 0.15) is 36.1 Å². The summed E-state index contributed by atoms with van der Waals surface area (Å²) >= 11 is 0. The fraction of sp³-hybridized carbons (Fsp3) is 0.192. The molecule has 0 saturated carbocycles. The Morgan fingerprint density at radius 2 is 2.00 bits per heavy atom. The first-order chi connectivity index (χ1) is 16.9. The summed E-state index contributed by atoms with van der Waals surface area (Å²) in [4.78, 5) is 32.0. The number of nitrogens with zero attached hydrogens (tertiary/aromatic N) is 3. The second-order valence-electron chi connectivity index (χ2n) is 8.14. The molecule has 0 aliphatic carbocycles. The van der Waals surface area contributed by atoms with Gasteiger partial charge in [0, 0.05) is 18.0 Å². The van der Waals surface area contributed by atoms with Gasteiger partial charge in [-0.25, -0.2) is 0 Å². The fourth-order valence-electron chi connectivity index (χ4n) is 3.60. The summed E-state index contributed by atoms with van der Waals surface area (Å²) in [6.45, 7) is 1.93. The number of para-hydroxylation sites is 1. The van der Waals surface area contributed by atoms with Crippen LogP contribution in [0, 0.1) is 11.3 Å². The van der Waals surface area contributed by atoms with Crippen molar-refractivity contribution in [3.63, 3.8) is 0 Å². The number of carbonyl (C=O) groups is 2. The molecule has 1 atom stereocenters. The molecular formula is C26H23N5O4. The monoisotopic (exact) mass is 469 g/mol. The first-order valence-electron chi connectivity index (χ1n) is 11.0. The summed E-state index contributed by atoms with van der Waals surface area (Å²) in [7, 11) is 0. The van der Waals surface area contributed by atoms with Gasteiger partial charge in [-0.1, -0.05) is 25.1 Å². The highest BCUT2D eigenvalue weighted by Gasteiger charge is 2.13. The lowest BCUT2D eigenvalue weighted by atomic mass is 10.0. The third-order valence-corrected chi connectivity index (χ3v) is 5.41. The molecule has 4 rings (SSSR count). The molecule has 1 unspecified atom stereocenters. The molecule has 2 heterocycles. The predicted molar refractivity (Wildman–Crippen MR) is 131 cm³/mol. The van der Waals surface area contributed by atoms with Crippen molar-refractivity contribution < 1.29 is 19.1 Å². The number of hydrogen-bond donors (Lipinski definition) is 3. The number of ketones is 1. The van der Waals surface area contributed by atoms with Gasteiger partial charge in [-0.05, 0) is 42.0 Å². The maximum absolute atomic E-state index is 12.5. The topological polar surface area (TPSA) is 141 Å². The molecule has 176 valence electrons. The van der Waals surface area contributed by atoms with Gasteiger partial charge in [0.2, 0.25) is 0 Å². The highest BCUT2D eigenvalue weighted by Crippen LogP contribution is 2.25. The summed E-state index contributed by atoms with van der Waals surface area (Å²) < 4.78 is 5.77. The smallest absolute Gasteiger partial charge is 0.304 e. The van der Waals surface area contributed by atoms with E-state index in [4.69, 9.17) is 9.52 Å². The van der Waals surface area contributed by atoms with Gasteiger partial charge < -0.3 is 20.2 Å². The van der Waals surface area contributed by atoms with E-state index in [-0.39, 0.29) is 37.1 Å². The third-order valence-electron chi connectivity index (χ3n) is 5.41. The second kappa shape index (κ2) is 10.5. The number of anilines is 3. The number of aromatic nitrogens is 2. The molecule has 0 aliphatic rings. The molecule has 4 aromatic rings. The van der Waals surface area contributed by atoms with E-state index >= 15 is 0 Å². The minimum Gasteiger partial charge on any atom is -0.481 e. The summed E-state index contributed by atoms with van der Waals surface area (Å²) in [5.74, 6) is -1.08. The van der Waals surface area contributed by atoms with Gasteiger partial charge in [-0.2, -0.15) is 10.2 Å². The van der Waals surface area contributed by atoms with Gasteiger partial charge >= 0.3 is 5.97 Å². The van der Waals surface area contributed by atoms with E-state index in [9.17, 15) is 14.9 Å². The number of nitriles is 1. The highest BCUT2D eigenvalue weighted by molar-refractivity contribution is 5.86. The van der Waals surface area contributed by atoms with Crippen molar-refractivity contribution in [1.29, 1.82) is 5.26 Å². The number of carboxylic acids is 1. The Balaban J connectivity index is 1.35. The Labute approximate surface area is 201 Å². The Bertz CT molecular complexity index is 1410. The lowest BCUT2D eigenvalue weighted by Crippen LogP contribution is -2.16. The van der Waals surface area contributed by atoms with Crippen LogP contribution in [0.3, 0.4) is 0 Å². The zero-order valence-electron chi connectivity index (χ0n) is 19.0. The van der Waals surface area contributed by atoms with E-state index in [2.05, 4.69) is 26.7 Å². The van der Waals surface area contributed by atoms with Crippen LogP contribution in [0.25, 0.3) is 11.1 Å². The lowest BCUT2D eigenvalue weighted by molar-refractivity contribution is -0.137. The average molecular weight is 470 g/mol. The minimum atomic E-state index is -0.868. The molecule has 0 fully saturated rings. The number of oxazole rings is 1. The maximum atomic E-state index is 12.5. The van der Waals surface area contributed by atoms with Crippen molar-refractivity contribution in [2.24, 2.45) is 0 Å². The van der Waals surface area contributed by atoms with E-state index in [0.29, 0.717) is 33.7 Å². The molecule has 2 aromatic heterocycles. The standard InChI is InChI=1S/C26H23N5O4/c1-16(10-25(33)34)21-9-7-19(14-29-21)28-15-20(32)11-17-6-8-23-24(12-17)35-26(31-23)30-22-5-3-2-4-18(22)13-27/h2-9,12,14,16,28H,10-11,15H2,1H3,(H,30,31)(H,33,34). The van der Waals surface area contributed by atoms with E-state index in [1.165, 1.54) is 0 Å². The Hall–Kier alpha value is -4.71. The molecule has 0 spiro atoms. The average Bonchev–Trinajstić information content (AvgIpc) is 3.24. The number of carboxylic acid groups (broad SMARTS) is 1. The molecule has 35 heavy (non-hydrogen) atoms. The number of nitrogens with one attached hydrogen (secondary N) is 2. The number of aliphatic carboxylic acids is 1. The van der Waals surface area contributed by atoms with E-state index in [1.807, 2.05) is 19.1 Å². The number of Topliss-reactive ketones (excluding diaryl/α,β-unsaturated/α-hetero) is 1. The largest absolute Gasteiger partial charge is 0.481 e. The van der Waals surface area contributed by atoms with E-state index < -0.39 is 5.97 Å². The molecule has 0 amide bonds. The Morgan fingerprint density at radius 1 is 1.17 bits per heavy atom. The quantitative estimate of drug-likeness (QED) is 0.303. The van der Waals surface area contributed by atoms with Gasteiger partial charge in [0.15, 0.2) is 11.4 Å². The lowest BCUT2D eigenvalue weighted by Gasteiger charge is -2.10. The van der Waals surface area contributed by atoms with Crippen LogP contribution in [-0.2, 0) is 16.0 Å². The van der Waals surface area contributed by atoms with Crippen LogP contribution in [0.4, 0.5) is 17.4 Å². The zero-order chi connectivity index (χ0) is 24.8. The fourth-order valence-corrected chi connectivity index (χ4v) is 3.60. The van der Waals surface area contributed by atoms with Crippen molar-refractivity contribution in [3.05, 3.63) is 77.6 Å². The van der Waals surface area contributed by atoms with Crippen LogP contribution >= 0.6 is 0 Å². The van der Waals surface area contributed by atoms with Crippen molar-refractivity contribution in [1.82, 2.24) is 9.97 Å². The first-order valence-corrected chi connectivity index (χ1v) is 11.0. The summed E-state index contributed by atoms with van der Waals surface area (Å²) in [5, 5.41) is 24.2. The van der Waals surface area contributed by atoms with Crippen LogP contribution in [0.15, 0.2) is 65.2 Å². The van der Waals surface area contributed by atoms with Crippen molar-refractivity contribution in [2.45, 2.75) is 25.7 Å². The third kappa shape index (κ3) is 6.00. The van der Waals surface area contributed by atoms with E-state index in [0.717, 1.165) is 5.56 Å². The molecule has 3 N–H and O–H groups in total. The molecular weight excluding hydrogens is 446 g/mol. The minimum absolute atomic E-state index is 0.0124. The molecule has 0 aliphatic heterocycles. The Morgan fingerprint density at radius 3 is 2.74 bits per heavy atom. The van der Waals surface area contributed by atoms with E-state index in [1.54, 1.807) is 48.7 Å². The van der Waals surface area contributed by atoms with Crippen LogP contribution in [0.2, 0.25) is 0 Å². The normalized spacial score (nSPS) is 11.5. The zero-order valence-corrected chi connectivity index (χ0v) is 19.0. The van der Waals surface area contributed by atoms with Crippen molar-refractivity contribution >= 4 is 40.2 Å². The summed E-state index contributed by atoms with van der Waals surface area (Å²) in [5.41, 5.74) is 4.42. The number of rotatable bonds is 10. The number of benzene rings is 2. The van der Waals surface area contributed by atoms with Crippen LogP contribution in [-0.4, -0.2) is 33.4 Å². The Kier molecular flexibility index (Phi) is 7.02. The molecule has 0 radical (unpaired) electrons. The summed E-state index contributed by atoms with van der Waals surface area (Å²) in [6, 6.07) is 18.4. The number of hydrogen-bond acceptors (Lipinski definition) is 8. The number of pyridine rings is 1. The van der Waals surface area contributed by atoms with Gasteiger partial charge in [0.05, 0.1) is 36.1 Å². The predicted octanol–water partition coefficient (Wildman–Crippen LogP) is 4.64. The maximum Gasteiger partial charge on any atom is 0.304 e.